The summed E-state index contributed by atoms with van der Waals surface area (Å²) in [6.07, 6.45) is 6.76. The zero-order chi connectivity index (χ0) is 16.9. The highest BCUT2D eigenvalue weighted by Crippen LogP contribution is 2.14. The molecule has 0 bridgehead atoms. The summed E-state index contributed by atoms with van der Waals surface area (Å²) >= 11 is 0. The number of carbonyl (C=O) groups is 1. The number of aliphatic hydroxyl groups excluding tert-OH is 1. The second kappa shape index (κ2) is 7.14. The van der Waals surface area contributed by atoms with Crippen LogP contribution in [0.1, 0.15) is 17.3 Å². The first-order valence-electron chi connectivity index (χ1n) is 7.69. The molecule has 0 amide bonds. The molecule has 1 aromatic carbocycles. The number of nitrogens with zero attached hydrogens (tertiary/aromatic N) is 3. The number of carbonyl (C=O) groups excluding carboxylic acids is 1. The van der Waals surface area contributed by atoms with Crippen molar-refractivity contribution in [2.24, 2.45) is 0 Å². The summed E-state index contributed by atoms with van der Waals surface area (Å²) in [5, 5.41) is 14.4. The van der Waals surface area contributed by atoms with Crippen molar-refractivity contribution in [2.75, 3.05) is 6.61 Å². The molecule has 0 saturated heterocycles. The Kier molecular flexibility index (Phi) is 4.77. The Bertz CT molecular complexity index is 809. The average molecular weight is 325 g/mol. The molecule has 1 unspecified atom stereocenters. The van der Waals surface area contributed by atoms with Gasteiger partial charge in [-0.25, -0.2) is 0 Å². The van der Waals surface area contributed by atoms with Gasteiger partial charge in [-0.1, -0.05) is 12.1 Å². The molecule has 2 heterocycles. The van der Waals surface area contributed by atoms with E-state index in [0.717, 1.165) is 5.69 Å². The van der Waals surface area contributed by atoms with Crippen LogP contribution in [-0.4, -0.2) is 37.9 Å². The van der Waals surface area contributed by atoms with Crippen LogP contribution in [0, 0.1) is 0 Å². The minimum Gasteiger partial charge on any atom is -0.491 e. The van der Waals surface area contributed by atoms with Crippen LogP contribution in [0.3, 0.4) is 0 Å². The molecule has 0 aliphatic rings. The van der Waals surface area contributed by atoms with Crippen molar-refractivity contribution in [3.8, 4) is 11.4 Å². The quantitative estimate of drug-likeness (QED) is 0.677. The summed E-state index contributed by atoms with van der Waals surface area (Å²) in [7, 11) is 0. The van der Waals surface area contributed by atoms with Crippen molar-refractivity contribution in [3.05, 3.63) is 66.7 Å². The number of rotatable bonds is 7. The smallest absolute Gasteiger partial charge is 0.159 e. The van der Waals surface area contributed by atoms with Gasteiger partial charge in [-0.05, 0) is 31.2 Å². The number of hydrogen-bond acceptors (Lipinski definition) is 4. The molecule has 2 aromatic heterocycles. The first-order valence-corrected chi connectivity index (χ1v) is 7.69. The van der Waals surface area contributed by atoms with Crippen molar-refractivity contribution >= 4 is 5.78 Å². The number of aromatic nitrogens is 3. The lowest BCUT2D eigenvalue weighted by Gasteiger charge is -2.13. The van der Waals surface area contributed by atoms with Crippen LogP contribution in [0.25, 0.3) is 5.69 Å². The molecule has 124 valence electrons. The Balaban J connectivity index is 1.55. The molecule has 1 N–H and O–H groups in total. The fourth-order valence-electron chi connectivity index (χ4n) is 2.36. The molecule has 0 aliphatic heterocycles. The van der Waals surface area contributed by atoms with E-state index < -0.39 is 6.10 Å². The van der Waals surface area contributed by atoms with Gasteiger partial charge in [0.2, 0.25) is 0 Å². The van der Waals surface area contributed by atoms with E-state index in [4.69, 9.17) is 4.74 Å². The summed E-state index contributed by atoms with van der Waals surface area (Å²) in [4.78, 5) is 11.4. The summed E-state index contributed by atoms with van der Waals surface area (Å²) in [6, 6.07) is 10.8. The van der Waals surface area contributed by atoms with Gasteiger partial charge >= 0.3 is 0 Å². The molecule has 0 aliphatic carbocycles. The molecule has 24 heavy (non-hydrogen) atoms. The third-order valence-electron chi connectivity index (χ3n) is 3.60. The van der Waals surface area contributed by atoms with Gasteiger partial charge < -0.3 is 14.4 Å². The maximum absolute atomic E-state index is 11.4. The van der Waals surface area contributed by atoms with Crippen LogP contribution in [0.2, 0.25) is 0 Å². The maximum Gasteiger partial charge on any atom is 0.159 e. The van der Waals surface area contributed by atoms with Crippen LogP contribution in [0.4, 0.5) is 0 Å². The van der Waals surface area contributed by atoms with E-state index in [0.29, 0.717) is 17.9 Å². The van der Waals surface area contributed by atoms with Crippen LogP contribution < -0.4 is 4.74 Å². The summed E-state index contributed by atoms with van der Waals surface area (Å²) < 4.78 is 9.18. The van der Waals surface area contributed by atoms with Crippen molar-refractivity contribution < 1.29 is 14.6 Å². The van der Waals surface area contributed by atoms with Crippen molar-refractivity contribution in [2.45, 2.75) is 19.6 Å². The second-order valence-electron chi connectivity index (χ2n) is 5.56. The van der Waals surface area contributed by atoms with Gasteiger partial charge in [0.1, 0.15) is 18.5 Å². The largest absolute Gasteiger partial charge is 0.491 e. The predicted molar refractivity (Wildman–Crippen MR) is 89.5 cm³/mol. The lowest BCUT2D eigenvalue weighted by molar-refractivity contribution is 0.0892. The van der Waals surface area contributed by atoms with Crippen molar-refractivity contribution in [3.63, 3.8) is 0 Å². The third kappa shape index (κ3) is 3.91. The minimum atomic E-state index is -0.705. The summed E-state index contributed by atoms with van der Waals surface area (Å²) in [6.45, 7) is 1.96. The van der Waals surface area contributed by atoms with E-state index in [1.165, 1.54) is 6.92 Å². The minimum absolute atomic E-state index is 0.0184. The predicted octanol–water partition coefficient (Wildman–Crippen LogP) is 2.32. The highest BCUT2D eigenvalue weighted by molar-refractivity contribution is 5.94. The van der Waals surface area contributed by atoms with Gasteiger partial charge in [-0.2, -0.15) is 5.10 Å². The van der Waals surface area contributed by atoms with E-state index in [-0.39, 0.29) is 12.4 Å². The number of ether oxygens (including phenoxy) is 1. The topological polar surface area (TPSA) is 69.3 Å². The van der Waals surface area contributed by atoms with E-state index in [1.807, 2.05) is 35.3 Å². The van der Waals surface area contributed by atoms with Crippen LogP contribution >= 0.6 is 0 Å². The molecule has 6 heteroatoms. The fourth-order valence-corrected chi connectivity index (χ4v) is 2.36. The normalized spacial score (nSPS) is 12.1. The first-order chi connectivity index (χ1) is 11.6. The van der Waals surface area contributed by atoms with E-state index >= 15 is 0 Å². The molecular formula is C18H19N3O3. The molecule has 3 aromatic rings. The Morgan fingerprint density at radius 2 is 2.08 bits per heavy atom. The van der Waals surface area contributed by atoms with E-state index in [2.05, 4.69) is 5.10 Å². The zero-order valence-electron chi connectivity index (χ0n) is 13.4. The number of Topliss-reactive ketones (excluding diaryl/α,β-unsaturated/α-hetero) is 1. The number of benzene rings is 1. The Labute approximate surface area is 139 Å². The van der Waals surface area contributed by atoms with Crippen molar-refractivity contribution in [1.82, 2.24) is 14.3 Å². The highest BCUT2D eigenvalue weighted by atomic mass is 16.5. The number of hydrogen-bond donors (Lipinski definition) is 1. The van der Waals surface area contributed by atoms with Crippen LogP contribution in [0.15, 0.2) is 61.2 Å². The van der Waals surface area contributed by atoms with Gasteiger partial charge in [0.15, 0.2) is 5.78 Å². The fraction of sp³-hybridized carbons (Fsp3) is 0.222. The molecule has 0 spiro atoms. The van der Waals surface area contributed by atoms with Gasteiger partial charge in [0.05, 0.1) is 18.4 Å². The standard InChI is InChI=1S/C18H19N3O3/c1-14(22)15-5-4-6-18(9-15)24-13-17(23)12-21-11-16(10-19-21)20-7-2-3-8-20/h2-11,17,23H,12-13H2,1H3. The Hall–Kier alpha value is -2.86. The lowest BCUT2D eigenvalue weighted by Crippen LogP contribution is -2.23. The zero-order valence-corrected chi connectivity index (χ0v) is 13.4. The molecule has 0 fully saturated rings. The lowest BCUT2D eigenvalue weighted by atomic mass is 10.1. The summed E-state index contributed by atoms with van der Waals surface area (Å²) in [5.41, 5.74) is 1.52. The first kappa shape index (κ1) is 16.0. The van der Waals surface area contributed by atoms with Crippen LogP contribution in [0.5, 0.6) is 5.75 Å². The molecule has 1 atom stereocenters. The van der Waals surface area contributed by atoms with Crippen LogP contribution in [-0.2, 0) is 6.54 Å². The Morgan fingerprint density at radius 3 is 2.83 bits per heavy atom. The van der Waals surface area contributed by atoms with E-state index in [1.54, 1.807) is 35.1 Å². The van der Waals surface area contributed by atoms with Gasteiger partial charge in [0.25, 0.3) is 0 Å². The summed E-state index contributed by atoms with van der Waals surface area (Å²) in [5.74, 6) is 0.547. The third-order valence-corrected chi connectivity index (χ3v) is 3.60. The monoisotopic (exact) mass is 325 g/mol. The maximum atomic E-state index is 11.4. The second-order valence-corrected chi connectivity index (χ2v) is 5.56. The molecule has 6 nitrogen and oxygen atoms in total. The molecule has 0 radical (unpaired) electrons. The molecule has 3 rings (SSSR count). The highest BCUT2D eigenvalue weighted by Gasteiger charge is 2.09. The van der Waals surface area contributed by atoms with E-state index in [9.17, 15) is 9.90 Å². The average Bonchev–Trinajstić information content (AvgIpc) is 3.24. The molecule has 0 saturated carbocycles. The number of ketones is 1. The van der Waals surface area contributed by atoms with Gasteiger partial charge in [-0.3, -0.25) is 9.48 Å². The molecular weight excluding hydrogens is 306 g/mol. The van der Waals surface area contributed by atoms with Gasteiger partial charge in [-0.15, -0.1) is 0 Å². The number of aliphatic hydroxyl groups is 1. The van der Waals surface area contributed by atoms with Crippen molar-refractivity contribution in [1.29, 1.82) is 0 Å². The van der Waals surface area contributed by atoms with Gasteiger partial charge in [0, 0.05) is 24.2 Å². The SMILES string of the molecule is CC(=O)c1cccc(OCC(O)Cn2cc(-n3cccc3)cn2)c1. The Morgan fingerprint density at radius 1 is 1.29 bits per heavy atom.